The molecular weight excluding hydrogens is 344 g/mol. The monoisotopic (exact) mass is 366 g/mol. The maximum absolute atomic E-state index is 12.2. The van der Waals surface area contributed by atoms with E-state index in [4.69, 9.17) is 4.42 Å². The summed E-state index contributed by atoms with van der Waals surface area (Å²) in [6, 6.07) is 3.41. The molecule has 1 atom stereocenters. The van der Waals surface area contributed by atoms with Crippen LogP contribution < -0.4 is 5.32 Å². The van der Waals surface area contributed by atoms with Crippen LogP contribution in [0, 0.1) is 5.92 Å². The second-order valence-electron chi connectivity index (χ2n) is 6.34. The Labute approximate surface area is 146 Å². The number of nitrogens with one attached hydrogen (secondary N) is 1. The number of carbonyl (C=O) groups is 1. The molecule has 25 heavy (non-hydrogen) atoms. The highest BCUT2D eigenvalue weighted by atomic mass is 32.2. The molecule has 2 aromatic rings. The summed E-state index contributed by atoms with van der Waals surface area (Å²) in [5, 5.41) is 2.84. The topological polar surface area (TPSA) is 97.4 Å². The lowest BCUT2D eigenvalue weighted by atomic mass is 10.00. The Hall–Kier alpha value is -2.13. The fourth-order valence-corrected chi connectivity index (χ4v) is 3.91. The third-order valence-corrected chi connectivity index (χ3v) is 5.55. The van der Waals surface area contributed by atoms with E-state index in [-0.39, 0.29) is 17.6 Å². The van der Waals surface area contributed by atoms with E-state index in [9.17, 15) is 13.2 Å². The molecule has 8 nitrogen and oxygen atoms in total. The summed E-state index contributed by atoms with van der Waals surface area (Å²) < 4.78 is 32.2. The van der Waals surface area contributed by atoms with Gasteiger partial charge < -0.3 is 14.3 Å². The summed E-state index contributed by atoms with van der Waals surface area (Å²) in [5.74, 6) is 0.760. The second kappa shape index (κ2) is 7.40. The van der Waals surface area contributed by atoms with Crippen molar-refractivity contribution in [2.45, 2.75) is 19.4 Å². The number of sulfonamides is 1. The molecule has 1 N–H and O–H groups in total. The van der Waals surface area contributed by atoms with Crippen LogP contribution >= 0.6 is 0 Å². The minimum absolute atomic E-state index is 0.118. The van der Waals surface area contributed by atoms with Gasteiger partial charge in [-0.1, -0.05) is 0 Å². The first kappa shape index (κ1) is 17.7. The highest BCUT2D eigenvalue weighted by Crippen LogP contribution is 2.18. The standard InChI is InChI=1S/C16H22N4O4S/c1-25(22,23)20-7-2-3-13(10-20)9-18-16(21)15-5-4-14(24-15)11-19-8-6-17-12-19/h4-6,8,12-13H,2-3,7,9-11H2,1H3,(H,18,21)/t13-/m0/s1. The van der Waals surface area contributed by atoms with Crippen LogP contribution in [0.1, 0.15) is 29.2 Å². The average molecular weight is 366 g/mol. The summed E-state index contributed by atoms with van der Waals surface area (Å²) >= 11 is 0. The van der Waals surface area contributed by atoms with Gasteiger partial charge in [-0.2, -0.15) is 0 Å². The molecule has 136 valence electrons. The van der Waals surface area contributed by atoms with Crippen molar-refractivity contribution in [2.24, 2.45) is 5.92 Å². The zero-order valence-electron chi connectivity index (χ0n) is 14.1. The predicted molar refractivity (Wildman–Crippen MR) is 91.5 cm³/mol. The van der Waals surface area contributed by atoms with Gasteiger partial charge in [-0.05, 0) is 30.9 Å². The number of rotatable bonds is 6. The number of furan rings is 1. The Morgan fingerprint density at radius 1 is 1.44 bits per heavy atom. The van der Waals surface area contributed by atoms with E-state index < -0.39 is 10.0 Å². The number of piperidine rings is 1. The molecule has 0 aliphatic carbocycles. The summed E-state index contributed by atoms with van der Waals surface area (Å²) in [7, 11) is -3.18. The third kappa shape index (κ3) is 4.70. The molecule has 9 heteroatoms. The van der Waals surface area contributed by atoms with Gasteiger partial charge in [0.2, 0.25) is 10.0 Å². The average Bonchev–Trinajstić information content (AvgIpc) is 3.24. The van der Waals surface area contributed by atoms with E-state index in [1.165, 1.54) is 10.6 Å². The number of carbonyl (C=O) groups excluding carboxylic acids is 1. The molecule has 1 saturated heterocycles. The highest BCUT2D eigenvalue weighted by molar-refractivity contribution is 7.88. The van der Waals surface area contributed by atoms with E-state index in [2.05, 4.69) is 10.3 Å². The molecule has 0 aromatic carbocycles. The van der Waals surface area contributed by atoms with Gasteiger partial charge in [-0.25, -0.2) is 17.7 Å². The summed E-state index contributed by atoms with van der Waals surface area (Å²) in [4.78, 5) is 16.2. The SMILES string of the molecule is CS(=O)(=O)N1CCC[C@@H](CNC(=O)c2ccc(Cn3ccnc3)o2)C1. The van der Waals surface area contributed by atoms with E-state index >= 15 is 0 Å². The molecule has 0 bridgehead atoms. The molecule has 0 radical (unpaired) electrons. The van der Waals surface area contributed by atoms with Gasteiger partial charge in [0.15, 0.2) is 5.76 Å². The molecule has 1 amide bonds. The smallest absolute Gasteiger partial charge is 0.287 e. The van der Waals surface area contributed by atoms with Crippen LogP contribution in [0.5, 0.6) is 0 Å². The molecule has 0 spiro atoms. The van der Waals surface area contributed by atoms with Crippen LogP contribution in [0.15, 0.2) is 35.3 Å². The van der Waals surface area contributed by atoms with E-state index in [1.807, 2.05) is 10.8 Å². The number of amides is 1. The zero-order valence-corrected chi connectivity index (χ0v) is 14.9. The molecule has 3 rings (SSSR count). The Morgan fingerprint density at radius 3 is 3.00 bits per heavy atom. The minimum Gasteiger partial charge on any atom is -0.454 e. The second-order valence-corrected chi connectivity index (χ2v) is 8.32. The Kier molecular flexibility index (Phi) is 5.24. The number of nitrogens with zero attached hydrogens (tertiary/aromatic N) is 3. The quantitative estimate of drug-likeness (QED) is 0.820. The van der Waals surface area contributed by atoms with Crippen molar-refractivity contribution in [2.75, 3.05) is 25.9 Å². The van der Waals surface area contributed by atoms with Crippen LogP contribution in [0.4, 0.5) is 0 Å². The Morgan fingerprint density at radius 2 is 2.28 bits per heavy atom. The highest BCUT2D eigenvalue weighted by Gasteiger charge is 2.26. The van der Waals surface area contributed by atoms with Crippen LogP contribution in [0.2, 0.25) is 0 Å². The van der Waals surface area contributed by atoms with Crippen molar-refractivity contribution in [3.63, 3.8) is 0 Å². The maximum atomic E-state index is 12.2. The molecule has 2 aromatic heterocycles. The zero-order chi connectivity index (χ0) is 17.9. The van der Waals surface area contributed by atoms with Crippen molar-refractivity contribution in [1.29, 1.82) is 0 Å². The van der Waals surface area contributed by atoms with E-state index in [0.717, 1.165) is 12.8 Å². The first-order valence-electron chi connectivity index (χ1n) is 8.19. The predicted octanol–water partition coefficient (Wildman–Crippen LogP) is 0.926. The Balaban J connectivity index is 1.52. The molecule has 0 unspecified atom stereocenters. The fourth-order valence-electron chi connectivity index (χ4n) is 2.96. The van der Waals surface area contributed by atoms with E-state index in [1.54, 1.807) is 24.7 Å². The van der Waals surface area contributed by atoms with Crippen molar-refractivity contribution in [1.82, 2.24) is 19.2 Å². The molecule has 1 aliphatic heterocycles. The van der Waals surface area contributed by atoms with Gasteiger partial charge in [-0.3, -0.25) is 4.79 Å². The lowest BCUT2D eigenvalue weighted by Crippen LogP contribution is -2.43. The van der Waals surface area contributed by atoms with Gasteiger partial charge in [0.1, 0.15) is 5.76 Å². The normalized spacial score (nSPS) is 19.0. The molecular formula is C16H22N4O4S. The first-order chi connectivity index (χ1) is 11.9. The van der Waals surface area contributed by atoms with Gasteiger partial charge in [0.05, 0.1) is 19.1 Å². The number of imidazole rings is 1. The summed E-state index contributed by atoms with van der Waals surface area (Å²) in [5.41, 5.74) is 0. The molecule has 1 aliphatic rings. The largest absolute Gasteiger partial charge is 0.454 e. The van der Waals surface area contributed by atoms with Crippen LogP contribution in [-0.4, -0.2) is 54.1 Å². The Bertz CT molecular complexity index is 813. The number of hydrogen-bond acceptors (Lipinski definition) is 5. The van der Waals surface area contributed by atoms with Crippen molar-refractivity contribution in [3.05, 3.63) is 42.4 Å². The van der Waals surface area contributed by atoms with Gasteiger partial charge >= 0.3 is 0 Å². The molecule has 3 heterocycles. The van der Waals surface area contributed by atoms with Crippen molar-refractivity contribution >= 4 is 15.9 Å². The van der Waals surface area contributed by atoms with E-state index in [0.29, 0.717) is 31.9 Å². The maximum Gasteiger partial charge on any atom is 0.287 e. The lowest BCUT2D eigenvalue weighted by Gasteiger charge is -2.30. The van der Waals surface area contributed by atoms with Gasteiger partial charge in [-0.15, -0.1) is 0 Å². The number of hydrogen-bond donors (Lipinski definition) is 1. The molecule has 1 fully saturated rings. The van der Waals surface area contributed by atoms with Gasteiger partial charge in [0, 0.05) is 32.0 Å². The van der Waals surface area contributed by atoms with Crippen LogP contribution in [-0.2, 0) is 16.6 Å². The van der Waals surface area contributed by atoms with Crippen LogP contribution in [0.25, 0.3) is 0 Å². The summed E-state index contributed by atoms with van der Waals surface area (Å²) in [6.45, 7) is 1.95. The van der Waals surface area contributed by atoms with Crippen molar-refractivity contribution in [3.8, 4) is 0 Å². The number of aromatic nitrogens is 2. The third-order valence-electron chi connectivity index (χ3n) is 4.29. The summed E-state index contributed by atoms with van der Waals surface area (Å²) in [6.07, 6.45) is 8.11. The van der Waals surface area contributed by atoms with Crippen molar-refractivity contribution < 1.29 is 17.6 Å². The first-order valence-corrected chi connectivity index (χ1v) is 10.0. The van der Waals surface area contributed by atoms with Crippen LogP contribution in [0.3, 0.4) is 0 Å². The minimum atomic E-state index is -3.18. The molecule has 0 saturated carbocycles. The van der Waals surface area contributed by atoms with Gasteiger partial charge in [0.25, 0.3) is 5.91 Å². The fraction of sp³-hybridized carbons (Fsp3) is 0.500. The lowest BCUT2D eigenvalue weighted by molar-refractivity contribution is 0.0912.